The van der Waals surface area contributed by atoms with E-state index in [0.717, 1.165) is 5.06 Å². The Hall–Kier alpha value is -1.14. The van der Waals surface area contributed by atoms with Gasteiger partial charge in [-0.2, -0.15) is 0 Å². The van der Waals surface area contributed by atoms with Crippen LogP contribution >= 0.6 is 0 Å². The van der Waals surface area contributed by atoms with Crippen LogP contribution < -0.4 is 5.73 Å². The highest BCUT2D eigenvalue weighted by molar-refractivity contribution is 5.75. The van der Waals surface area contributed by atoms with E-state index in [1.54, 1.807) is 0 Å². The zero-order valence-corrected chi connectivity index (χ0v) is 9.19. The van der Waals surface area contributed by atoms with E-state index in [0.29, 0.717) is 25.8 Å². The van der Waals surface area contributed by atoms with Gasteiger partial charge in [0.25, 0.3) is 0 Å². The second-order valence-corrected chi connectivity index (χ2v) is 3.33. The Morgan fingerprint density at radius 2 is 2.20 bits per heavy atom. The maximum atomic E-state index is 10.9. The average Bonchev–Trinajstić information content (AvgIpc) is 2.22. The standard InChI is InChI=1S/C9H19N3O3/c1-7(10)12(14)6-4-3-5-8(11)9(13)15-2/h8,10,14H,3-6,11H2,1-2H3/t8-/m0/s1. The van der Waals surface area contributed by atoms with Gasteiger partial charge < -0.3 is 10.5 Å². The maximum absolute atomic E-state index is 10.9. The lowest BCUT2D eigenvalue weighted by Gasteiger charge is -2.15. The molecule has 6 heteroatoms. The van der Waals surface area contributed by atoms with Gasteiger partial charge in [-0.1, -0.05) is 0 Å². The van der Waals surface area contributed by atoms with Crippen LogP contribution in [-0.4, -0.2) is 41.8 Å². The molecule has 0 radical (unpaired) electrons. The molecule has 88 valence electrons. The molecule has 0 aromatic carbocycles. The molecule has 6 nitrogen and oxygen atoms in total. The summed E-state index contributed by atoms with van der Waals surface area (Å²) in [6.45, 7) is 1.88. The molecule has 0 heterocycles. The Kier molecular flexibility index (Phi) is 6.64. The van der Waals surface area contributed by atoms with Gasteiger partial charge in [0.2, 0.25) is 0 Å². The van der Waals surface area contributed by atoms with Crippen LogP contribution in [0.15, 0.2) is 0 Å². The molecule has 0 aliphatic carbocycles. The van der Waals surface area contributed by atoms with Crippen molar-refractivity contribution in [2.45, 2.75) is 32.2 Å². The number of rotatable bonds is 6. The number of nitrogens with two attached hydrogens (primary N) is 1. The third kappa shape index (κ3) is 6.03. The smallest absolute Gasteiger partial charge is 0.322 e. The topological polar surface area (TPSA) is 99.6 Å². The minimum atomic E-state index is -0.594. The fraction of sp³-hybridized carbons (Fsp3) is 0.778. The fourth-order valence-corrected chi connectivity index (χ4v) is 1.06. The summed E-state index contributed by atoms with van der Waals surface area (Å²) < 4.78 is 4.47. The quantitative estimate of drug-likeness (QED) is 0.196. The van der Waals surface area contributed by atoms with Gasteiger partial charge in [0.15, 0.2) is 0 Å². The summed E-state index contributed by atoms with van der Waals surface area (Å²) in [5.41, 5.74) is 5.51. The Labute approximate surface area is 89.5 Å². The first-order valence-corrected chi connectivity index (χ1v) is 4.84. The molecule has 0 unspecified atom stereocenters. The minimum absolute atomic E-state index is 0.104. The summed E-state index contributed by atoms with van der Waals surface area (Å²) in [6.07, 6.45) is 1.91. The first kappa shape index (κ1) is 13.9. The SMILES string of the molecule is COC(=O)[C@@H](N)CCCCN(O)C(C)=N. The molecular weight excluding hydrogens is 198 g/mol. The van der Waals surface area contributed by atoms with Gasteiger partial charge in [0, 0.05) is 6.54 Å². The maximum Gasteiger partial charge on any atom is 0.322 e. The number of esters is 1. The summed E-state index contributed by atoms with van der Waals surface area (Å²) in [4.78, 5) is 10.9. The van der Waals surface area contributed by atoms with E-state index in [1.165, 1.54) is 14.0 Å². The van der Waals surface area contributed by atoms with Crippen molar-refractivity contribution in [1.29, 1.82) is 5.41 Å². The molecule has 0 spiro atoms. The Balaban J connectivity index is 3.54. The van der Waals surface area contributed by atoms with Crippen LogP contribution in [0.1, 0.15) is 26.2 Å². The van der Waals surface area contributed by atoms with Crippen LogP contribution in [0.4, 0.5) is 0 Å². The van der Waals surface area contributed by atoms with Gasteiger partial charge in [0.1, 0.15) is 11.9 Å². The van der Waals surface area contributed by atoms with Gasteiger partial charge in [-0.15, -0.1) is 0 Å². The third-order valence-electron chi connectivity index (χ3n) is 2.03. The van der Waals surface area contributed by atoms with Crippen molar-refractivity contribution in [2.75, 3.05) is 13.7 Å². The van der Waals surface area contributed by atoms with Crippen LogP contribution in [0.25, 0.3) is 0 Å². The zero-order valence-electron chi connectivity index (χ0n) is 9.19. The molecule has 0 aromatic rings. The Morgan fingerprint density at radius 1 is 1.60 bits per heavy atom. The van der Waals surface area contributed by atoms with Crippen molar-refractivity contribution in [1.82, 2.24) is 5.06 Å². The van der Waals surface area contributed by atoms with E-state index in [4.69, 9.17) is 16.4 Å². The number of hydrogen-bond donors (Lipinski definition) is 3. The van der Waals surface area contributed by atoms with Crippen LogP contribution in [0.5, 0.6) is 0 Å². The number of hydrogen-bond acceptors (Lipinski definition) is 5. The number of unbranched alkanes of at least 4 members (excludes halogenated alkanes) is 1. The third-order valence-corrected chi connectivity index (χ3v) is 2.03. The van der Waals surface area contributed by atoms with Crippen molar-refractivity contribution in [3.8, 4) is 0 Å². The molecule has 0 aromatic heterocycles. The summed E-state index contributed by atoms with van der Waals surface area (Å²) in [5, 5.41) is 17.1. The number of amidine groups is 1. The molecule has 0 saturated heterocycles. The Morgan fingerprint density at radius 3 is 2.67 bits per heavy atom. The number of carbonyl (C=O) groups is 1. The molecule has 4 N–H and O–H groups in total. The van der Waals surface area contributed by atoms with E-state index in [-0.39, 0.29) is 5.84 Å². The van der Waals surface area contributed by atoms with Crippen LogP contribution in [0.2, 0.25) is 0 Å². The number of nitrogens with zero attached hydrogens (tertiary/aromatic N) is 1. The van der Waals surface area contributed by atoms with Crippen molar-refractivity contribution >= 4 is 11.8 Å². The molecule has 0 aliphatic rings. The number of carbonyl (C=O) groups excluding carboxylic acids is 1. The summed E-state index contributed by atoms with van der Waals surface area (Å²) >= 11 is 0. The summed E-state index contributed by atoms with van der Waals surface area (Å²) in [7, 11) is 1.30. The van der Waals surface area contributed by atoms with E-state index < -0.39 is 12.0 Å². The molecule has 1 atom stereocenters. The molecule has 0 rings (SSSR count). The fourth-order valence-electron chi connectivity index (χ4n) is 1.06. The molecule has 0 amide bonds. The lowest BCUT2D eigenvalue weighted by atomic mass is 10.1. The lowest BCUT2D eigenvalue weighted by Crippen LogP contribution is -2.31. The van der Waals surface area contributed by atoms with Gasteiger partial charge in [-0.3, -0.25) is 15.4 Å². The highest BCUT2D eigenvalue weighted by atomic mass is 16.5. The van der Waals surface area contributed by atoms with E-state index in [1.807, 2.05) is 0 Å². The van der Waals surface area contributed by atoms with Crippen molar-refractivity contribution in [3.05, 3.63) is 0 Å². The first-order chi connectivity index (χ1) is 6.99. The second-order valence-electron chi connectivity index (χ2n) is 3.33. The highest BCUT2D eigenvalue weighted by Crippen LogP contribution is 2.01. The lowest BCUT2D eigenvalue weighted by molar-refractivity contribution is -0.142. The molecular formula is C9H19N3O3. The predicted octanol–water partition coefficient (Wildman–Crippen LogP) is 0.345. The first-order valence-electron chi connectivity index (χ1n) is 4.84. The summed E-state index contributed by atoms with van der Waals surface area (Å²) in [5.74, 6) is -0.314. The highest BCUT2D eigenvalue weighted by Gasteiger charge is 2.12. The predicted molar refractivity (Wildman–Crippen MR) is 55.7 cm³/mol. The van der Waals surface area contributed by atoms with Crippen LogP contribution in [-0.2, 0) is 9.53 Å². The van der Waals surface area contributed by atoms with Gasteiger partial charge in [-0.25, -0.2) is 5.06 Å². The van der Waals surface area contributed by atoms with E-state index in [9.17, 15) is 4.79 Å². The van der Waals surface area contributed by atoms with E-state index >= 15 is 0 Å². The van der Waals surface area contributed by atoms with Crippen molar-refractivity contribution in [3.63, 3.8) is 0 Å². The zero-order chi connectivity index (χ0) is 11.8. The number of ether oxygens (including phenoxy) is 1. The van der Waals surface area contributed by atoms with Crippen LogP contribution in [0.3, 0.4) is 0 Å². The number of methoxy groups -OCH3 is 1. The summed E-state index contributed by atoms with van der Waals surface area (Å²) in [6, 6.07) is -0.594. The van der Waals surface area contributed by atoms with Gasteiger partial charge in [0.05, 0.1) is 7.11 Å². The second kappa shape index (κ2) is 7.19. The molecule has 0 saturated carbocycles. The number of hydroxylamine groups is 2. The van der Waals surface area contributed by atoms with Crippen LogP contribution in [0, 0.1) is 5.41 Å². The Bertz CT molecular complexity index is 221. The monoisotopic (exact) mass is 217 g/mol. The molecule has 0 bridgehead atoms. The normalized spacial score (nSPS) is 12.0. The van der Waals surface area contributed by atoms with Gasteiger partial charge in [-0.05, 0) is 26.2 Å². The minimum Gasteiger partial charge on any atom is -0.468 e. The molecule has 0 aliphatic heterocycles. The molecule has 0 fully saturated rings. The largest absolute Gasteiger partial charge is 0.468 e. The van der Waals surface area contributed by atoms with Crippen molar-refractivity contribution in [2.24, 2.45) is 5.73 Å². The van der Waals surface area contributed by atoms with E-state index in [2.05, 4.69) is 4.74 Å². The molecule has 15 heavy (non-hydrogen) atoms. The van der Waals surface area contributed by atoms with Crippen molar-refractivity contribution < 1.29 is 14.7 Å². The number of nitrogens with one attached hydrogen (secondary N) is 1. The average molecular weight is 217 g/mol. The van der Waals surface area contributed by atoms with Gasteiger partial charge >= 0.3 is 5.97 Å².